The summed E-state index contributed by atoms with van der Waals surface area (Å²) in [7, 11) is 0. The number of benzene rings is 1. The van der Waals surface area contributed by atoms with Gasteiger partial charge in [0.25, 0.3) is 0 Å². The van der Waals surface area contributed by atoms with Crippen LogP contribution in [0.1, 0.15) is 24.5 Å². The van der Waals surface area contributed by atoms with Gasteiger partial charge in [0.1, 0.15) is 0 Å². The first-order chi connectivity index (χ1) is 6.79. The van der Waals surface area contributed by atoms with Crippen LogP contribution in [-0.2, 0) is 4.74 Å². The number of nitrogens with two attached hydrogens (primary N) is 1. The third-order valence-electron chi connectivity index (χ3n) is 2.59. The van der Waals surface area contributed by atoms with Crippen LogP contribution in [-0.4, -0.2) is 12.6 Å². The second-order valence-corrected chi connectivity index (χ2v) is 4.05. The van der Waals surface area contributed by atoms with E-state index in [-0.39, 0.29) is 12.2 Å². The summed E-state index contributed by atoms with van der Waals surface area (Å²) in [6.45, 7) is 0.608. The summed E-state index contributed by atoms with van der Waals surface area (Å²) in [6.07, 6.45) is 2.50. The molecule has 3 heteroatoms. The summed E-state index contributed by atoms with van der Waals surface area (Å²) < 4.78 is 5.77. The third-order valence-corrected chi connectivity index (χ3v) is 2.83. The largest absolute Gasteiger partial charge is 0.369 e. The summed E-state index contributed by atoms with van der Waals surface area (Å²) in [4.78, 5) is 0. The van der Waals surface area contributed by atoms with Crippen molar-refractivity contribution in [1.29, 1.82) is 0 Å². The highest BCUT2D eigenvalue weighted by molar-refractivity contribution is 6.30. The van der Waals surface area contributed by atoms with E-state index in [1.165, 1.54) is 0 Å². The van der Waals surface area contributed by atoms with E-state index in [0.29, 0.717) is 6.54 Å². The van der Waals surface area contributed by atoms with E-state index < -0.39 is 0 Å². The molecule has 0 aliphatic carbocycles. The average molecular weight is 212 g/mol. The van der Waals surface area contributed by atoms with Gasteiger partial charge in [0.2, 0.25) is 0 Å². The second-order valence-electron chi connectivity index (χ2n) is 3.61. The predicted octanol–water partition coefficient (Wildman–Crippen LogP) is 2.52. The van der Waals surface area contributed by atoms with Gasteiger partial charge in [-0.3, -0.25) is 0 Å². The van der Waals surface area contributed by atoms with Crippen molar-refractivity contribution in [2.24, 2.45) is 5.73 Å². The molecule has 2 unspecified atom stereocenters. The number of halogens is 1. The molecule has 0 radical (unpaired) electrons. The maximum atomic E-state index is 5.91. The van der Waals surface area contributed by atoms with Gasteiger partial charge in [0, 0.05) is 11.6 Å². The zero-order valence-corrected chi connectivity index (χ0v) is 8.70. The van der Waals surface area contributed by atoms with Crippen LogP contribution < -0.4 is 5.73 Å². The molecule has 76 valence electrons. The van der Waals surface area contributed by atoms with Crippen LogP contribution in [0.4, 0.5) is 0 Å². The summed E-state index contributed by atoms with van der Waals surface area (Å²) in [6, 6.07) is 7.85. The molecule has 1 heterocycles. The van der Waals surface area contributed by atoms with Crippen LogP contribution in [0.2, 0.25) is 5.02 Å². The number of hydrogen-bond acceptors (Lipinski definition) is 2. The van der Waals surface area contributed by atoms with Crippen molar-refractivity contribution in [3.63, 3.8) is 0 Å². The van der Waals surface area contributed by atoms with E-state index in [1.54, 1.807) is 0 Å². The lowest BCUT2D eigenvalue weighted by Crippen LogP contribution is -2.18. The molecule has 2 nitrogen and oxygen atoms in total. The van der Waals surface area contributed by atoms with Crippen LogP contribution in [0.5, 0.6) is 0 Å². The third kappa shape index (κ3) is 2.08. The molecule has 1 aliphatic heterocycles. The molecule has 0 bridgehead atoms. The van der Waals surface area contributed by atoms with E-state index in [0.717, 1.165) is 23.4 Å². The van der Waals surface area contributed by atoms with Gasteiger partial charge in [0.15, 0.2) is 0 Å². The Morgan fingerprint density at radius 1 is 1.43 bits per heavy atom. The molecule has 2 rings (SSSR count). The Morgan fingerprint density at radius 3 is 2.93 bits per heavy atom. The minimum atomic E-state index is 0.183. The van der Waals surface area contributed by atoms with Crippen LogP contribution >= 0.6 is 11.6 Å². The molecular formula is C11H14ClNO. The lowest BCUT2D eigenvalue weighted by molar-refractivity contribution is 0.0498. The van der Waals surface area contributed by atoms with Gasteiger partial charge in [-0.05, 0) is 30.5 Å². The Kier molecular flexibility index (Phi) is 3.06. The molecule has 0 saturated carbocycles. The molecule has 0 spiro atoms. The molecule has 1 saturated heterocycles. The molecular weight excluding hydrogens is 198 g/mol. The Labute approximate surface area is 89.0 Å². The molecule has 1 aliphatic rings. The fourth-order valence-electron chi connectivity index (χ4n) is 1.83. The van der Waals surface area contributed by atoms with E-state index in [2.05, 4.69) is 6.07 Å². The minimum absolute atomic E-state index is 0.183. The van der Waals surface area contributed by atoms with Crippen LogP contribution in [0.3, 0.4) is 0 Å². The standard InChI is InChI=1S/C11H14ClNO/c12-9-3-1-2-8(6-9)11-5-4-10(7-13)14-11/h1-3,6,10-11H,4-5,7,13H2. The zero-order chi connectivity index (χ0) is 9.97. The topological polar surface area (TPSA) is 35.2 Å². The highest BCUT2D eigenvalue weighted by Crippen LogP contribution is 2.33. The molecule has 2 atom stereocenters. The quantitative estimate of drug-likeness (QED) is 0.816. The summed E-state index contributed by atoms with van der Waals surface area (Å²) in [5, 5.41) is 0.766. The van der Waals surface area contributed by atoms with Crippen LogP contribution in [0.15, 0.2) is 24.3 Å². The Bertz CT molecular complexity index is 316. The summed E-state index contributed by atoms with van der Waals surface area (Å²) in [5.41, 5.74) is 6.71. The highest BCUT2D eigenvalue weighted by atomic mass is 35.5. The lowest BCUT2D eigenvalue weighted by atomic mass is 10.1. The first kappa shape index (κ1) is 9.97. The first-order valence-corrected chi connectivity index (χ1v) is 5.28. The van der Waals surface area contributed by atoms with E-state index in [9.17, 15) is 0 Å². The van der Waals surface area contributed by atoms with Crippen molar-refractivity contribution < 1.29 is 4.74 Å². The second kappa shape index (κ2) is 4.30. The molecule has 1 aromatic carbocycles. The van der Waals surface area contributed by atoms with Gasteiger partial charge < -0.3 is 10.5 Å². The van der Waals surface area contributed by atoms with Gasteiger partial charge in [0.05, 0.1) is 12.2 Å². The Balaban J connectivity index is 2.09. The van der Waals surface area contributed by atoms with Crippen LogP contribution in [0.25, 0.3) is 0 Å². The molecule has 2 N–H and O–H groups in total. The predicted molar refractivity (Wildman–Crippen MR) is 57.4 cm³/mol. The molecule has 1 aromatic rings. The smallest absolute Gasteiger partial charge is 0.0830 e. The Hall–Kier alpha value is -0.570. The molecule has 0 amide bonds. The minimum Gasteiger partial charge on any atom is -0.369 e. The van der Waals surface area contributed by atoms with Crippen molar-refractivity contribution in [2.75, 3.05) is 6.54 Å². The average Bonchev–Trinajstić information content (AvgIpc) is 2.66. The Morgan fingerprint density at radius 2 is 2.29 bits per heavy atom. The maximum Gasteiger partial charge on any atom is 0.0830 e. The van der Waals surface area contributed by atoms with Crippen molar-refractivity contribution >= 4 is 11.6 Å². The van der Waals surface area contributed by atoms with Crippen molar-refractivity contribution in [3.05, 3.63) is 34.9 Å². The molecule has 1 fully saturated rings. The highest BCUT2D eigenvalue weighted by Gasteiger charge is 2.25. The number of rotatable bonds is 2. The molecule has 14 heavy (non-hydrogen) atoms. The summed E-state index contributed by atoms with van der Waals surface area (Å²) in [5.74, 6) is 0. The fourth-order valence-corrected chi connectivity index (χ4v) is 2.03. The van der Waals surface area contributed by atoms with Gasteiger partial charge >= 0.3 is 0 Å². The summed E-state index contributed by atoms with van der Waals surface area (Å²) >= 11 is 5.91. The van der Waals surface area contributed by atoms with Gasteiger partial charge in [-0.15, -0.1) is 0 Å². The van der Waals surface area contributed by atoms with Gasteiger partial charge in [-0.2, -0.15) is 0 Å². The number of ether oxygens (including phenoxy) is 1. The maximum absolute atomic E-state index is 5.91. The first-order valence-electron chi connectivity index (χ1n) is 4.90. The van der Waals surface area contributed by atoms with E-state index in [1.807, 2.05) is 18.2 Å². The van der Waals surface area contributed by atoms with Crippen molar-refractivity contribution in [1.82, 2.24) is 0 Å². The van der Waals surface area contributed by atoms with E-state index >= 15 is 0 Å². The molecule has 0 aromatic heterocycles. The monoisotopic (exact) mass is 211 g/mol. The zero-order valence-electron chi connectivity index (χ0n) is 7.95. The SMILES string of the molecule is NCC1CCC(c2cccc(Cl)c2)O1. The van der Waals surface area contributed by atoms with Crippen LogP contribution in [0, 0.1) is 0 Å². The number of hydrogen-bond donors (Lipinski definition) is 1. The van der Waals surface area contributed by atoms with Gasteiger partial charge in [-0.1, -0.05) is 23.7 Å². The fraction of sp³-hybridized carbons (Fsp3) is 0.455. The lowest BCUT2D eigenvalue weighted by Gasteiger charge is -2.12. The normalized spacial score (nSPS) is 26.7. The van der Waals surface area contributed by atoms with E-state index in [4.69, 9.17) is 22.1 Å². The van der Waals surface area contributed by atoms with Crippen molar-refractivity contribution in [2.45, 2.75) is 25.0 Å². The van der Waals surface area contributed by atoms with Gasteiger partial charge in [-0.25, -0.2) is 0 Å². The van der Waals surface area contributed by atoms with Crippen molar-refractivity contribution in [3.8, 4) is 0 Å².